The molecule has 3 heteroatoms. The van der Waals surface area contributed by atoms with E-state index in [9.17, 15) is 4.79 Å². The molecule has 0 amide bonds. The molecule has 68 valence electrons. The van der Waals surface area contributed by atoms with Crippen LogP contribution in [0.5, 0.6) is 0 Å². The first kappa shape index (κ1) is 9.42. The van der Waals surface area contributed by atoms with Gasteiger partial charge in [0.05, 0.1) is 6.61 Å². The summed E-state index contributed by atoms with van der Waals surface area (Å²) in [6.45, 7) is 2.56. The van der Waals surface area contributed by atoms with Crippen molar-refractivity contribution >= 4 is 5.78 Å². The molecule has 0 aliphatic heterocycles. The van der Waals surface area contributed by atoms with Gasteiger partial charge in [0.25, 0.3) is 0 Å². The second-order valence-corrected chi connectivity index (χ2v) is 3.12. The first-order chi connectivity index (χ1) is 5.74. The van der Waals surface area contributed by atoms with Crippen molar-refractivity contribution in [3.63, 3.8) is 0 Å². The Morgan fingerprint density at radius 2 is 2.50 bits per heavy atom. The minimum atomic E-state index is 0.132. The maximum absolute atomic E-state index is 11.2. The predicted molar refractivity (Wildman–Crippen MR) is 46.9 cm³/mol. The van der Waals surface area contributed by atoms with Gasteiger partial charge in [0, 0.05) is 19.0 Å². The number of carbonyl (C=O) groups excluding carboxylic acids is 1. The van der Waals surface area contributed by atoms with Gasteiger partial charge in [0.2, 0.25) is 0 Å². The number of aliphatic hydroxyl groups excluding tert-OH is 1. The normalized spacial score (nSPS) is 24.0. The van der Waals surface area contributed by atoms with Crippen LogP contribution in [0.1, 0.15) is 19.8 Å². The van der Waals surface area contributed by atoms with Crippen LogP contribution >= 0.6 is 0 Å². The molecule has 0 aromatic heterocycles. The van der Waals surface area contributed by atoms with E-state index in [-0.39, 0.29) is 18.4 Å². The molecule has 0 saturated heterocycles. The fraction of sp³-hybridized carbons (Fsp3) is 0.667. The average molecular weight is 169 g/mol. The molecule has 1 atom stereocenters. The van der Waals surface area contributed by atoms with Crippen LogP contribution in [0.3, 0.4) is 0 Å². The quantitative estimate of drug-likeness (QED) is 0.636. The third-order valence-electron chi connectivity index (χ3n) is 2.12. The Hall–Kier alpha value is -0.670. The van der Waals surface area contributed by atoms with E-state index in [1.54, 1.807) is 0 Å². The van der Waals surface area contributed by atoms with E-state index in [0.29, 0.717) is 13.0 Å². The minimum absolute atomic E-state index is 0.132. The second-order valence-electron chi connectivity index (χ2n) is 3.12. The van der Waals surface area contributed by atoms with Crippen LogP contribution in [-0.2, 0) is 4.79 Å². The molecule has 12 heavy (non-hydrogen) atoms. The first-order valence-electron chi connectivity index (χ1n) is 4.28. The Balaban J connectivity index is 2.37. The lowest BCUT2D eigenvalue weighted by atomic mass is 9.95. The number of carbonyl (C=O) groups is 1. The molecule has 0 fully saturated rings. The van der Waals surface area contributed by atoms with Crippen molar-refractivity contribution in [1.82, 2.24) is 5.32 Å². The minimum Gasteiger partial charge on any atom is -0.395 e. The largest absolute Gasteiger partial charge is 0.395 e. The van der Waals surface area contributed by atoms with Crippen LogP contribution in [0.2, 0.25) is 0 Å². The smallest absolute Gasteiger partial charge is 0.159 e. The van der Waals surface area contributed by atoms with E-state index in [1.807, 2.05) is 13.0 Å². The highest BCUT2D eigenvalue weighted by molar-refractivity contribution is 5.95. The second kappa shape index (κ2) is 4.38. The lowest BCUT2D eigenvalue weighted by Crippen LogP contribution is -2.35. The van der Waals surface area contributed by atoms with Gasteiger partial charge < -0.3 is 10.4 Å². The van der Waals surface area contributed by atoms with Crippen LogP contribution in [0.25, 0.3) is 0 Å². The number of aliphatic hydroxyl groups is 1. The summed E-state index contributed by atoms with van der Waals surface area (Å²) in [4.78, 5) is 11.2. The zero-order chi connectivity index (χ0) is 8.97. The molecule has 1 rings (SSSR count). The standard InChI is InChI=1S/C9H15NO2/c1-7-2-3-8(6-9(7)12)10-4-5-11/h2,8,10-11H,3-6H2,1H3. The highest BCUT2D eigenvalue weighted by Crippen LogP contribution is 2.13. The van der Waals surface area contributed by atoms with E-state index in [4.69, 9.17) is 5.11 Å². The molecule has 3 nitrogen and oxygen atoms in total. The maximum atomic E-state index is 11.2. The van der Waals surface area contributed by atoms with Crippen molar-refractivity contribution in [2.24, 2.45) is 0 Å². The molecule has 0 aromatic rings. The fourth-order valence-electron chi connectivity index (χ4n) is 1.33. The summed E-state index contributed by atoms with van der Waals surface area (Å²) in [7, 11) is 0. The Kier molecular flexibility index (Phi) is 3.44. The molecule has 2 N–H and O–H groups in total. The molecule has 0 bridgehead atoms. The number of hydrogen-bond acceptors (Lipinski definition) is 3. The van der Waals surface area contributed by atoms with E-state index in [0.717, 1.165) is 12.0 Å². The van der Waals surface area contributed by atoms with Crippen LogP contribution in [0.4, 0.5) is 0 Å². The van der Waals surface area contributed by atoms with Gasteiger partial charge in [-0.2, -0.15) is 0 Å². The molecular formula is C9H15NO2. The van der Waals surface area contributed by atoms with Crippen LogP contribution in [0, 0.1) is 0 Å². The molecule has 1 unspecified atom stereocenters. The van der Waals surface area contributed by atoms with Gasteiger partial charge >= 0.3 is 0 Å². The van der Waals surface area contributed by atoms with Crippen LogP contribution in [0.15, 0.2) is 11.6 Å². The number of hydrogen-bond donors (Lipinski definition) is 2. The van der Waals surface area contributed by atoms with E-state index < -0.39 is 0 Å². The van der Waals surface area contributed by atoms with Gasteiger partial charge in [-0.3, -0.25) is 4.79 Å². The molecule has 0 radical (unpaired) electrons. The Morgan fingerprint density at radius 1 is 1.75 bits per heavy atom. The van der Waals surface area contributed by atoms with Crippen LogP contribution < -0.4 is 5.32 Å². The lowest BCUT2D eigenvalue weighted by Gasteiger charge is -2.20. The van der Waals surface area contributed by atoms with Crippen molar-refractivity contribution in [2.45, 2.75) is 25.8 Å². The molecular weight excluding hydrogens is 154 g/mol. The van der Waals surface area contributed by atoms with Gasteiger partial charge in [-0.15, -0.1) is 0 Å². The summed E-state index contributed by atoms with van der Waals surface area (Å²) in [6.07, 6.45) is 3.43. The SMILES string of the molecule is CC1=CCC(NCCO)CC1=O. The summed E-state index contributed by atoms with van der Waals surface area (Å²) in [5.41, 5.74) is 0.872. The Morgan fingerprint density at radius 3 is 3.08 bits per heavy atom. The molecule has 1 aliphatic carbocycles. The van der Waals surface area contributed by atoms with Gasteiger partial charge in [-0.1, -0.05) is 6.08 Å². The number of allylic oxidation sites excluding steroid dienone is 1. The molecule has 0 spiro atoms. The molecule has 0 saturated carbocycles. The topological polar surface area (TPSA) is 49.3 Å². The highest BCUT2D eigenvalue weighted by Gasteiger charge is 2.17. The fourth-order valence-corrected chi connectivity index (χ4v) is 1.33. The Bertz CT molecular complexity index is 199. The van der Waals surface area contributed by atoms with E-state index in [2.05, 4.69) is 5.32 Å². The van der Waals surface area contributed by atoms with Crippen molar-refractivity contribution in [3.05, 3.63) is 11.6 Å². The van der Waals surface area contributed by atoms with E-state index in [1.165, 1.54) is 0 Å². The number of rotatable bonds is 3. The summed E-state index contributed by atoms with van der Waals surface area (Å²) < 4.78 is 0. The third-order valence-corrected chi connectivity index (χ3v) is 2.12. The molecule has 0 aromatic carbocycles. The number of nitrogens with one attached hydrogen (secondary N) is 1. The van der Waals surface area contributed by atoms with Crippen LogP contribution in [-0.4, -0.2) is 30.1 Å². The summed E-state index contributed by atoms with van der Waals surface area (Å²) in [5.74, 6) is 0.219. The summed E-state index contributed by atoms with van der Waals surface area (Å²) in [5, 5.41) is 11.7. The van der Waals surface area contributed by atoms with Crippen molar-refractivity contribution in [1.29, 1.82) is 0 Å². The maximum Gasteiger partial charge on any atom is 0.159 e. The van der Waals surface area contributed by atoms with E-state index >= 15 is 0 Å². The molecule has 0 heterocycles. The van der Waals surface area contributed by atoms with Crippen molar-refractivity contribution in [2.75, 3.05) is 13.2 Å². The third kappa shape index (κ3) is 2.43. The zero-order valence-corrected chi connectivity index (χ0v) is 7.34. The average Bonchev–Trinajstić information content (AvgIpc) is 2.07. The van der Waals surface area contributed by atoms with Gasteiger partial charge in [0.15, 0.2) is 5.78 Å². The summed E-state index contributed by atoms with van der Waals surface area (Å²) >= 11 is 0. The number of Topliss-reactive ketones (excluding diaryl/α,β-unsaturated/α-hetero) is 1. The van der Waals surface area contributed by atoms with Crippen molar-refractivity contribution in [3.8, 4) is 0 Å². The van der Waals surface area contributed by atoms with Gasteiger partial charge in [-0.25, -0.2) is 0 Å². The predicted octanol–water partition coefficient (Wildman–Crippen LogP) is 0.246. The zero-order valence-electron chi connectivity index (χ0n) is 7.34. The van der Waals surface area contributed by atoms with Gasteiger partial charge in [0.1, 0.15) is 0 Å². The number of ketones is 1. The van der Waals surface area contributed by atoms with Crippen molar-refractivity contribution < 1.29 is 9.90 Å². The van der Waals surface area contributed by atoms with Gasteiger partial charge in [-0.05, 0) is 18.9 Å². The summed E-state index contributed by atoms with van der Waals surface area (Å²) in [6, 6.07) is 0.230. The lowest BCUT2D eigenvalue weighted by molar-refractivity contribution is -0.116. The highest BCUT2D eigenvalue weighted by atomic mass is 16.3. The molecule has 1 aliphatic rings. The first-order valence-corrected chi connectivity index (χ1v) is 4.28. The Labute approximate surface area is 72.5 Å². The monoisotopic (exact) mass is 169 g/mol.